The van der Waals surface area contributed by atoms with Crippen molar-refractivity contribution in [2.75, 3.05) is 10.2 Å². The van der Waals surface area contributed by atoms with Crippen LogP contribution < -0.4 is 10.2 Å². The van der Waals surface area contributed by atoms with Gasteiger partial charge in [-0.3, -0.25) is 14.4 Å². The number of amides is 3. The molecule has 0 bridgehead atoms. The van der Waals surface area contributed by atoms with Gasteiger partial charge in [-0.15, -0.1) is 0 Å². The summed E-state index contributed by atoms with van der Waals surface area (Å²) in [6.07, 6.45) is 1.50. The molecule has 4 rings (SSSR count). The molecular weight excluding hydrogens is 372 g/mol. The van der Waals surface area contributed by atoms with Gasteiger partial charge in [0, 0.05) is 17.8 Å². The number of fused-ring (bicyclic) bond motifs is 1. The molecule has 27 heavy (non-hydrogen) atoms. The number of nitrogens with zero attached hydrogens (tertiary/aromatic N) is 3. The molecule has 3 amide bonds. The number of anilines is 2. The number of aromatic nitrogens is 2. The minimum absolute atomic E-state index is 0.104. The Hall–Kier alpha value is -3.52. The van der Waals surface area contributed by atoms with Gasteiger partial charge in [0.25, 0.3) is 17.7 Å². The van der Waals surface area contributed by atoms with E-state index in [0.29, 0.717) is 11.4 Å². The summed E-state index contributed by atoms with van der Waals surface area (Å²) in [6.45, 7) is 1.65. The number of halogens is 1. The van der Waals surface area contributed by atoms with Gasteiger partial charge in [-0.05, 0) is 37.3 Å². The van der Waals surface area contributed by atoms with Crippen molar-refractivity contribution in [1.82, 2.24) is 10.1 Å². The predicted molar refractivity (Wildman–Crippen MR) is 96.0 cm³/mol. The standard InChI is InChI=1S/C18H11ClN4O4/c1-9-7-14(22-27-9)23-17(25)11-5-4-10(8-12(11)18(23)26)16(24)21-13-3-2-6-20-15(13)19/h2-8H,1H3,(H,21,24). The van der Waals surface area contributed by atoms with Gasteiger partial charge in [0.1, 0.15) is 5.76 Å². The minimum Gasteiger partial charge on any atom is -0.360 e. The molecule has 0 spiro atoms. The van der Waals surface area contributed by atoms with Gasteiger partial charge in [0.2, 0.25) is 0 Å². The summed E-state index contributed by atoms with van der Waals surface area (Å²) in [5.41, 5.74) is 0.849. The first-order chi connectivity index (χ1) is 13.0. The molecule has 3 aromatic rings. The molecule has 1 aliphatic heterocycles. The first-order valence-corrected chi connectivity index (χ1v) is 8.21. The van der Waals surface area contributed by atoms with E-state index in [-0.39, 0.29) is 27.7 Å². The zero-order chi connectivity index (χ0) is 19.1. The van der Waals surface area contributed by atoms with Crippen molar-refractivity contribution < 1.29 is 18.9 Å². The molecule has 0 fully saturated rings. The summed E-state index contributed by atoms with van der Waals surface area (Å²) in [5, 5.41) is 6.48. The molecule has 1 N–H and O–H groups in total. The van der Waals surface area contributed by atoms with Crippen molar-refractivity contribution in [2.45, 2.75) is 6.92 Å². The Labute approximate surface area is 157 Å². The number of aryl methyl sites for hydroxylation is 1. The molecule has 9 heteroatoms. The van der Waals surface area contributed by atoms with Crippen LogP contribution in [0.2, 0.25) is 5.15 Å². The highest BCUT2D eigenvalue weighted by atomic mass is 35.5. The second-order valence-electron chi connectivity index (χ2n) is 5.80. The second-order valence-corrected chi connectivity index (χ2v) is 6.16. The van der Waals surface area contributed by atoms with E-state index in [4.69, 9.17) is 16.1 Å². The Morgan fingerprint density at radius 1 is 1.15 bits per heavy atom. The molecular formula is C18H11ClN4O4. The fourth-order valence-corrected chi connectivity index (χ4v) is 2.89. The Balaban J connectivity index is 1.65. The lowest BCUT2D eigenvalue weighted by Crippen LogP contribution is -2.29. The van der Waals surface area contributed by atoms with Crippen LogP contribution in [0, 0.1) is 6.92 Å². The zero-order valence-corrected chi connectivity index (χ0v) is 14.6. The minimum atomic E-state index is -0.572. The Morgan fingerprint density at radius 2 is 1.93 bits per heavy atom. The number of benzene rings is 1. The number of pyridine rings is 1. The molecule has 0 atom stereocenters. The molecule has 2 aromatic heterocycles. The number of hydrogen-bond acceptors (Lipinski definition) is 6. The first-order valence-electron chi connectivity index (χ1n) is 7.84. The van der Waals surface area contributed by atoms with Crippen molar-refractivity contribution in [1.29, 1.82) is 0 Å². The topological polar surface area (TPSA) is 105 Å². The third-order valence-corrected chi connectivity index (χ3v) is 4.30. The van der Waals surface area contributed by atoms with Crippen molar-refractivity contribution in [2.24, 2.45) is 0 Å². The van der Waals surface area contributed by atoms with Crippen molar-refractivity contribution in [3.8, 4) is 0 Å². The Kier molecular flexibility index (Phi) is 3.97. The maximum Gasteiger partial charge on any atom is 0.267 e. The number of hydrogen-bond donors (Lipinski definition) is 1. The van der Waals surface area contributed by atoms with Crippen molar-refractivity contribution in [3.63, 3.8) is 0 Å². The van der Waals surface area contributed by atoms with Gasteiger partial charge in [-0.25, -0.2) is 9.88 Å². The number of carbonyl (C=O) groups is 3. The van der Waals surface area contributed by atoms with E-state index in [1.807, 2.05) is 0 Å². The fourth-order valence-electron chi connectivity index (χ4n) is 2.72. The van der Waals surface area contributed by atoms with Crippen LogP contribution in [0.4, 0.5) is 11.5 Å². The van der Waals surface area contributed by atoms with Gasteiger partial charge < -0.3 is 9.84 Å². The van der Waals surface area contributed by atoms with E-state index in [9.17, 15) is 14.4 Å². The van der Waals surface area contributed by atoms with E-state index >= 15 is 0 Å². The van der Waals surface area contributed by atoms with Gasteiger partial charge in [-0.1, -0.05) is 16.8 Å². The fraction of sp³-hybridized carbons (Fsp3) is 0.0556. The SMILES string of the molecule is Cc1cc(N2C(=O)c3ccc(C(=O)Nc4cccnc4Cl)cc3C2=O)no1. The largest absolute Gasteiger partial charge is 0.360 e. The van der Waals surface area contributed by atoms with Crippen LogP contribution >= 0.6 is 11.6 Å². The summed E-state index contributed by atoms with van der Waals surface area (Å²) in [7, 11) is 0. The summed E-state index contributed by atoms with van der Waals surface area (Å²) >= 11 is 5.93. The summed E-state index contributed by atoms with van der Waals surface area (Å²) in [5.74, 6) is -1.01. The van der Waals surface area contributed by atoms with Crippen LogP contribution in [0.5, 0.6) is 0 Å². The van der Waals surface area contributed by atoms with E-state index in [0.717, 1.165) is 4.90 Å². The van der Waals surface area contributed by atoms with E-state index in [2.05, 4.69) is 15.5 Å². The van der Waals surface area contributed by atoms with Crippen LogP contribution in [0.1, 0.15) is 36.8 Å². The average Bonchev–Trinajstić information content (AvgIpc) is 3.18. The molecule has 3 heterocycles. The maximum atomic E-state index is 12.7. The second kappa shape index (κ2) is 6.33. The highest BCUT2D eigenvalue weighted by Gasteiger charge is 2.38. The van der Waals surface area contributed by atoms with Crippen molar-refractivity contribution in [3.05, 3.63) is 70.2 Å². The number of nitrogens with one attached hydrogen (secondary N) is 1. The molecule has 0 saturated carbocycles. The molecule has 0 aliphatic carbocycles. The summed E-state index contributed by atoms with van der Waals surface area (Å²) in [4.78, 5) is 42.5. The molecule has 1 aromatic carbocycles. The van der Waals surface area contributed by atoms with Gasteiger partial charge in [-0.2, -0.15) is 0 Å². The van der Waals surface area contributed by atoms with E-state index < -0.39 is 17.7 Å². The molecule has 134 valence electrons. The first kappa shape index (κ1) is 16.9. The van der Waals surface area contributed by atoms with Crippen LogP contribution in [-0.4, -0.2) is 27.9 Å². The van der Waals surface area contributed by atoms with Crippen LogP contribution in [0.15, 0.2) is 47.1 Å². The summed E-state index contributed by atoms with van der Waals surface area (Å²) < 4.78 is 4.93. The molecule has 0 radical (unpaired) electrons. The number of imide groups is 1. The number of carbonyl (C=O) groups excluding carboxylic acids is 3. The maximum absolute atomic E-state index is 12.7. The lowest BCUT2D eigenvalue weighted by atomic mass is 10.1. The number of rotatable bonds is 3. The Morgan fingerprint density at radius 3 is 2.63 bits per heavy atom. The summed E-state index contributed by atoms with van der Waals surface area (Å²) in [6, 6.07) is 8.97. The molecule has 1 aliphatic rings. The Bertz CT molecular complexity index is 1110. The van der Waals surface area contributed by atoms with Crippen LogP contribution in [0.25, 0.3) is 0 Å². The molecule has 0 unspecified atom stereocenters. The molecule has 0 saturated heterocycles. The van der Waals surface area contributed by atoms with Gasteiger partial charge in [0.15, 0.2) is 11.0 Å². The lowest BCUT2D eigenvalue weighted by molar-refractivity contribution is 0.0923. The lowest BCUT2D eigenvalue weighted by Gasteiger charge is -2.08. The average molecular weight is 383 g/mol. The monoisotopic (exact) mass is 382 g/mol. The van der Waals surface area contributed by atoms with Crippen LogP contribution in [0.3, 0.4) is 0 Å². The van der Waals surface area contributed by atoms with Gasteiger partial charge >= 0.3 is 0 Å². The quantitative estimate of drug-likeness (QED) is 0.551. The normalized spacial score (nSPS) is 13.0. The highest BCUT2D eigenvalue weighted by Crippen LogP contribution is 2.29. The zero-order valence-electron chi connectivity index (χ0n) is 13.9. The molecule has 8 nitrogen and oxygen atoms in total. The van der Waals surface area contributed by atoms with Crippen molar-refractivity contribution >= 4 is 40.8 Å². The van der Waals surface area contributed by atoms with Gasteiger partial charge in [0.05, 0.1) is 16.8 Å². The van der Waals surface area contributed by atoms with Crippen LogP contribution in [-0.2, 0) is 0 Å². The third kappa shape index (κ3) is 2.85. The highest BCUT2D eigenvalue weighted by molar-refractivity contribution is 6.35. The third-order valence-electron chi connectivity index (χ3n) is 4.00. The smallest absolute Gasteiger partial charge is 0.267 e. The van der Waals surface area contributed by atoms with E-state index in [1.165, 1.54) is 30.5 Å². The van der Waals surface area contributed by atoms with E-state index in [1.54, 1.807) is 19.1 Å². The predicted octanol–water partition coefficient (Wildman–Crippen LogP) is 3.08.